The molecule has 0 aliphatic carbocycles. The van der Waals surface area contributed by atoms with Gasteiger partial charge in [0.05, 0.1) is 18.6 Å². The molecule has 1 rings (SSSR count). The smallest absolute Gasteiger partial charge is 0.380 e. The third-order valence-electron chi connectivity index (χ3n) is 3.59. The Bertz CT molecular complexity index is 226. The highest BCUT2D eigenvalue weighted by Crippen LogP contribution is 2.56. The van der Waals surface area contributed by atoms with E-state index in [1.54, 1.807) is 0 Å². The minimum absolute atomic E-state index is 0.234. The topological polar surface area (TPSA) is 9.23 Å². The molecule has 0 bridgehead atoms. The van der Waals surface area contributed by atoms with Crippen molar-refractivity contribution in [2.24, 2.45) is 16.7 Å². The summed E-state index contributed by atoms with van der Waals surface area (Å²) in [6, 6.07) is 0. The summed E-state index contributed by atoms with van der Waals surface area (Å²) in [7, 11) is 0. The first-order chi connectivity index (χ1) is 6.62. The second-order valence-electron chi connectivity index (χ2n) is 5.49. The largest absolute Gasteiger partial charge is 0.394 e. The summed E-state index contributed by atoms with van der Waals surface area (Å²) in [5.74, 6) is 0.260. The van der Waals surface area contributed by atoms with Crippen LogP contribution in [0.25, 0.3) is 0 Å². The van der Waals surface area contributed by atoms with E-state index in [-0.39, 0.29) is 19.1 Å². The van der Waals surface area contributed by atoms with Crippen LogP contribution < -0.4 is 0 Å². The Labute approximate surface area is 89.0 Å². The molecule has 1 heterocycles. The summed E-state index contributed by atoms with van der Waals surface area (Å²) in [6.07, 6.45) is -3.59. The van der Waals surface area contributed by atoms with Gasteiger partial charge in [-0.25, -0.2) is 0 Å². The summed E-state index contributed by atoms with van der Waals surface area (Å²) in [5, 5.41) is 0. The first-order valence-electron chi connectivity index (χ1n) is 5.27. The lowest BCUT2D eigenvalue weighted by atomic mass is 9.60. The molecule has 1 aliphatic rings. The van der Waals surface area contributed by atoms with Gasteiger partial charge in [-0.1, -0.05) is 27.7 Å². The van der Waals surface area contributed by atoms with Crippen molar-refractivity contribution in [1.82, 2.24) is 0 Å². The minimum atomic E-state index is -4.16. The van der Waals surface area contributed by atoms with E-state index in [1.165, 1.54) is 13.8 Å². The van der Waals surface area contributed by atoms with Crippen LogP contribution in [0.3, 0.4) is 0 Å². The zero-order chi connectivity index (χ0) is 11.9. The standard InChI is InChI=1S/C11H19F3O/c1-8(2)5-10(6-15-7-10)9(3,4)11(12,13)14/h8H,5-7H2,1-4H3. The fourth-order valence-electron chi connectivity index (χ4n) is 2.16. The average Bonchev–Trinajstić information content (AvgIpc) is 1.93. The van der Waals surface area contributed by atoms with Crippen molar-refractivity contribution in [2.75, 3.05) is 13.2 Å². The first kappa shape index (κ1) is 12.8. The highest BCUT2D eigenvalue weighted by atomic mass is 19.4. The van der Waals surface area contributed by atoms with Crippen LogP contribution in [0.2, 0.25) is 0 Å². The number of hydrogen-bond donors (Lipinski definition) is 0. The SMILES string of the molecule is CC(C)CC1(C(C)(C)C(F)(F)F)COC1. The molecule has 1 aliphatic heterocycles. The number of ether oxygens (including phenoxy) is 1. The van der Waals surface area contributed by atoms with Gasteiger partial charge in [0.15, 0.2) is 0 Å². The van der Waals surface area contributed by atoms with Crippen molar-refractivity contribution < 1.29 is 17.9 Å². The number of hydrogen-bond acceptors (Lipinski definition) is 1. The van der Waals surface area contributed by atoms with Crippen LogP contribution in [0.5, 0.6) is 0 Å². The molecular weight excluding hydrogens is 205 g/mol. The monoisotopic (exact) mass is 224 g/mol. The second-order valence-corrected chi connectivity index (χ2v) is 5.49. The Kier molecular flexibility index (Phi) is 3.12. The Morgan fingerprint density at radius 3 is 1.87 bits per heavy atom. The maximum Gasteiger partial charge on any atom is 0.394 e. The molecule has 0 unspecified atom stereocenters. The molecule has 1 nitrogen and oxygen atoms in total. The summed E-state index contributed by atoms with van der Waals surface area (Å²) < 4.78 is 43.9. The molecule has 0 aromatic heterocycles. The van der Waals surface area contributed by atoms with Gasteiger partial charge < -0.3 is 4.74 Å². The van der Waals surface area contributed by atoms with E-state index in [9.17, 15) is 13.2 Å². The predicted octanol–water partition coefficient (Wildman–Crippen LogP) is 3.64. The summed E-state index contributed by atoms with van der Waals surface area (Å²) in [6.45, 7) is 6.95. The average molecular weight is 224 g/mol. The van der Waals surface area contributed by atoms with Gasteiger partial charge in [-0.2, -0.15) is 13.2 Å². The van der Waals surface area contributed by atoms with Gasteiger partial charge in [0.2, 0.25) is 0 Å². The van der Waals surface area contributed by atoms with E-state index in [0.29, 0.717) is 6.42 Å². The molecule has 0 aromatic rings. The second kappa shape index (κ2) is 3.65. The number of alkyl halides is 3. The van der Waals surface area contributed by atoms with Gasteiger partial charge in [-0.15, -0.1) is 0 Å². The van der Waals surface area contributed by atoms with Crippen molar-refractivity contribution in [3.63, 3.8) is 0 Å². The minimum Gasteiger partial charge on any atom is -0.380 e. The van der Waals surface area contributed by atoms with Gasteiger partial charge in [0, 0.05) is 5.41 Å². The molecule has 15 heavy (non-hydrogen) atoms. The lowest BCUT2D eigenvalue weighted by Gasteiger charge is -2.53. The van der Waals surface area contributed by atoms with E-state index in [0.717, 1.165) is 0 Å². The van der Waals surface area contributed by atoms with E-state index in [4.69, 9.17) is 4.74 Å². The Hall–Kier alpha value is -0.250. The van der Waals surface area contributed by atoms with Crippen molar-refractivity contribution in [3.05, 3.63) is 0 Å². The van der Waals surface area contributed by atoms with Crippen molar-refractivity contribution in [2.45, 2.75) is 40.3 Å². The molecule has 0 atom stereocenters. The first-order valence-corrected chi connectivity index (χ1v) is 5.27. The van der Waals surface area contributed by atoms with Gasteiger partial charge in [-0.3, -0.25) is 0 Å². The molecule has 1 fully saturated rings. The molecule has 0 amide bonds. The van der Waals surface area contributed by atoms with Crippen molar-refractivity contribution in [3.8, 4) is 0 Å². The van der Waals surface area contributed by atoms with Crippen LogP contribution in [0.4, 0.5) is 13.2 Å². The summed E-state index contributed by atoms with van der Waals surface area (Å²) >= 11 is 0. The third kappa shape index (κ3) is 2.01. The lowest BCUT2D eigenvalue weighted by molar-refractivity contribution is -0.304. The third-order valence-corrected chi connectivity index (χ3v) is 3.59. The Morgan fingerprint density at radius 1 is 1.20 bits per heavy atom. The quantitative estimate of drug-likeness (QED) is 0.711. The number of halogens is 3. The van der Waals surface area contributed by atoms with E-state index >= 15 is 0 Å². The van der Waals surface area contributed by atoms with E-state index in [1.807, 2.05) is 13.8 Å². The van der Waals surface area contributed by atoms with Gasteiger partial charge >= 0.3 is 6.18 Å². The van der Waals surface area contributed by atoms with Gasteiger partial charge in [0.1, 0.15) is 0 Å². The fraction of sp³-hybridized carbons (Fsp3) is 1.00. The molecule has 0 saturated carbocycles. The molecule has 0 radical (unpaired) electrons. The van der Waals surface area contributed by atoms with Gasteiger partial charge in [0.25, 0.3) is 0 Å². The van der Waals surface area contributed by atoms with E-state index in [2.05, 4.69) is 0 Å². The molecular formula is C11H19F3O. The molecule has 4 heteroatoms. The normalized spacial score (nSPS) is 21.6. The zero-order valence-electron chi connectivity index (χ0n) is 9.74. The molecule has 0 N–H and O–H groups in total. The highest BCUT2D eigenvalue weighted by molar-refractivity contribution is 5.01. The maximum atomic E-state index is 12.9. The Balaban J connectivity index is 2.90. The summed E-state index contributed by atoms with van der Waals surface area (Å²) in [5.41, 5.74) is -2.39. The Morgan fingerprint density at radius 2 is 1.67 bits per heavy atom. The highest BCUT2D eigenvalue weighted by Gasteiger charge is 2.63. The maximum absolute atomic E-state index is 12.9. The van der Waals surface area contributed by atoms with Crippen LogP contribution in [0, 0.1) is 16.7 Å². The van der Waals surface area contributed by atoms with Crippen molar-refractivity contribution >= 4 is 0 Å². The van der Waals surface area contributed by atoms with Crippen molar-refractivity contribution in [1.29, 1.82) is 0 Å². The van der Waals surface area contributed by atoms with Crippen LogP contribution in [-0.2, 0) is 4.74 Å². The van der Waals surface area contributed by atoms with Crippen LogP contribution in [0.1, 0.15) is 34.1 Å². The molecule has 0 spiro atoms. The predicted molar refractivity (Wildman–Crippen MR) is 52.5 cm³/mol. The lowest BCUT2D eigenvalue weighted by Crippen LogP contribution is -2.59. The summed E-state index contributed by atoms with van der Waals surface area (Å²) in [4.78, 5) is 0. The number of rotatable bonds is 3. The molecule has 0 aromatic carbocycles. The van der Waals surface area contributed by atoms with Gasteiger partial charge in [-0.05, 0) is 12.3 Å². The zero-order valence-corrected chi connectivity index (χ0v) is 9.74. The van der Waals surface area contributed by atoms with Crippen LogP contribution in [-0.4, -0.2) is 19.4 Å². The van der Waals surface area contributed by atoms with E-state index < -0.39 is 17.0 Å². The fourth-order valence-corrected chi connectivity index (χ4v) is 2.16. The molecule has 90 valence electrons. The molecule has 1 saturated heterocycles. The van der Waals surface area contributed by atoms with Crippen LogP contribution in [0.15, 0.2) is 0 Å². The van der Waals surface area contributed by atoms with Crippen LogP contribution >= 0.6 is 0 Å².